The Morgan fingerprint density at radius 3 is 2.60 bits per heavy atom. The van der Waals surface area contributed by atoms with Gasteiger partial charge in [-0.25, -0.2) is 9.97 Å². The van der Waals surface area contributed by atoms with Crippen LogP contribution in [-0.4, -0.2) is 9.97 Å². The molecule has 3 rings (SSSR count). The highest BCUT2D eigenvalue weighted by Gasteiger charge is 2.12. The van der Waals surface area contributed by atoms with Crippen molar-refractivity contribution in [2.75, 3.05) is 5.32 Å². The number of thiophene rings is 1. The van der Waals surface area contributed by atoms with Gasteiger partial charge in [0.15, 0.2) is 0 Å². The van der Waals surface area contributed by atoms with Crippen molar-refractivity contribution in [3.8, 4) is 0 Å². The van der Waals surface area contributed by atoms with E-state index in [4.69, 9.17) is 0 Å². The van der Waals surface area contributed by atoms with Crippen LogP contribution in [0.3, 0.4) is 0 Å². The van der Waals surface area contributed by atoms with Crippen molar-refractivity contribution in [3.05, 3.63) is 52.7 Å². The summed E-state index contributed by atoms with van der Waals surface area (Å²) < 4.78 is 0. The van der Waals surface area contributed by atoms with E-state index >= 15 is 0 Å². The van der Waals surface area contributed by atoms with Crippen molar-refractivity contribution in [2.24, 2.45) is 0 Å². The van der Waals surface area contributed by atoms with Gasteiger partial charge >= 0.3 is 0 Å². The third-order valence-electron chi connectivity index (χ3n) is 3.48. The van der Waals surface area contributed by atoms with E-state index in [1.54, 1.807) is 17.7 Å². The standard InChI is InChI=1S/C16H17N3S/c1-10-4-6-13(7-5-10)12(3)19-15-14-11(2)8-20-16(14)18-9-17-15/h4-9,12H,1-3H3,(H,17,18,19)/t12-/m0/s1. The molecule has 2 heterocycles. The first-order valence-corrected chi connectivity index (χ1v) is 7.55. The van der Waals surface area contributed by atoms with Crippen LogP contribution in [0.25, 0.3) is 10.2 Å². The molecule has 20 heavy (non-hydrogen) atoms. The second kappa shape index (κ2) is 5.21. The van der Waals surface area contributed by atoms with Crippen LogP contribution in [0.15, 0.2) is 36.0 Å². The predicted molar refractivity (Wildman–Crippen MR) is 85.4 cm³/mol. The summed E-state index contributed by atoms with van der Waals surface area (Å²) in [5.41, 5.74) is 3.76. The van der Waals surface area contributed by atoms with E-state index in [0.29, 0.717) is 0 Å². The molecule has 3 nitrogen and oxygen atoms in total. The molecule has 4 heteroatoms. The summed E-state index contributed by atoms with van der Waals surface area (Å²) >= 11 is 1.66. The quantitative estimate of drug-likeness (QED) is 0.770. The van der Waals surface area contributed by atoms with Crippen LogP contribution in [0, 0.1) is 13.8 Å². The molecule has 1 atom stereocenters. The van der Waals surface area contributed by atoms with Crippen LogP contribution in [0.4, 0.5) is 5.82 Å². The molecule has 0 saturated heterocycles. The van der Waals surface area contributed by atoms with Crippen LogP contribution < -0.4 is 5.32 Å². The lowest BCUT2D eigenvalue weighted by Crippen LogP contribution is -2.08. The Morgan fingerprint density at radius 1 is 1.10 bits per heavy atom. The Hall–Kier alpha value is -1.94. The topological polar surface area (TPSA) is 37.8 Å². The van der Waals surface area contributed by atoms with Crippen molar-refractivity contribution in [1.29, 1.82) is 0 Å². The number of anilines is 1. The molecule has 0 saturated carbocycles. The maximum absolute atomic E-state index is 4.41. The number of benzene rings is 1. The molecular weight excluding hydrogens is 266 g/mol. The van der Waals surface area contributed by atoms with Crippen LogP contribution in [0.1, 0.15) is 29.7 Å². The molecule has 0 fully saturated rings. The fourth-order valence-corrected chi connectivity index (χ4v) is 3.16. The number of hydrogen-bond acceptors (Lipinski definition) is 4. The summed E-state index contributed by atoms with van der Waals surface area (Å²) in [6.07, 6.45) is 1.63. The minimum absolute atomic E-state index is 0.216. The van der Waals surface area contributed by atoms with E-state index in [-0.39, 0.29) is 6.04 Å². The second-order valence-corrected chi connectivity index (χ2v) is 5.96. The van der Waals surface area contributed by atoms with Crippen LogP contribution >= 0.6 is 11.3 Å². The summed E-state index contributed by atoms with van der Waals surface area (Å²) in [5, 5.41) is 6.76. The molecule has 1 aromatic carbocycles. The number of aromatic nitrogens is 2. The van der Waals surface area contributed by atoms with Gasteiger partial charge in [0.25, 0.3) is 0 Å². The van der Waals surface area contributed by atoms with Crippen molar-refractivity contribution in [1.82, 2.24) is 9.97 Å². The van der Waals surface area contributed by atoms with Crippen molar-refractivity contribution < 1.29 is 0 Å². The smallest absolute Gasteiger partial charge is 0.138 e. The monoisotopic (exact) mass is 283 g/mol. The third-order valence-corrected chi connectivity index (χ3v) is 4.49. The van der Waals surface area contributed by atoms with Gasteiger partial charge in [0.1, 0.15) is 17.0 Å². The third kappa shape index (κ3) is 2.39. The first-order valence-electron chi connectivity index (χ1n) is 6.67. The summed E-state index contributed by atoms with van der Waals surface area (Å²) in [7, 11) is 0. The SMILES string of the molecule is Cc1ccc([C@H](C)Nc2ncnc3scc(C)c23)cc1. The number of hydrogen-bond donors (Lipinski definition) is 1. The van der Waals surface area contributed by atoms with Gasteiger partial charge in [-0.2, -0.15) is 0 Å². The van der Waals surface area contributed by atoms with E-state index in [9.17, 15) is 0 Å². The first-order chi connectivity index (χ1) is 9.65. The zero-order chi connectivity index (χ0) is 14.1. The lowest BCUT2D eigenvalue weighted by atomic mass is 10.1. The molecule has 0 aliphatic heterocycles. The van der Waals surface area contributed by atoms with E-state index in [1.807, 2.05) is 0 Å². The molecule has 102 valence electrons. The Bertz CT molecular complexity index is 731. The molecule has 1 N–H and O–H groups in total. The normalized spacial score (nSPS) is 12.6. The van der Waals surface area contributed by atoms with Crippen LogP contribution in [0.5, 0.6) is 0 Å². The van der Waals surface area contributed by atoms with Crippen LogP contribution in [-0.2, 0) is 0 Å². The highest BCUT2D eigenvalue weighted by atomic mass is 32.1. The number of rotatable bonds is 3. The maximum Gasteiger partial charge on any atom is 0.138 e. The number of aryl methyl sites for hydroxylation is 2. The number of fused-ring (bicyclic) bond motifs is 1. The molecule has 0 bridgehead atoms. The molecule has 3 aromatic rings. The van der Waals surface area contributed by atoms with E-state index < -0.39 is 0 Å². The molecular formula is C16H17N3S. The van der Waals surface area contributed by atoms with Gasteiger partial charge < -0.3 is 5.32 Å². The van der Waals surface area contributed by atoms with Gasteiger partial charge in [-0.05, 0) is 37.3 Å². The van der Waals surface area contributed by atoms with Crippen molar-refractivity contribution in [3.63, 3.8) is 0 Å². The number of nitrogens with zero attached hydrogens (tertiary/aromatic N) is 2. The molecule has 2 aromatic heterocycles. The molecule has 0 amide bonds. The Kier molecular flexibility index (Phi) is 3.40. The number of nitrogens with one attached hydrogen (secondary N) is 1. The largest absolute Gasteiger partial charge is 0.363 e. The van der Waals surface area contributed by atoms with Crippen molar-refractivity contribution >= 4 is 27.4 Å². The Labute approximate surface area is 122 Å². The highest BCUT2D eigenvalue weighted by Crippen LogP contribution is 2.30. The lowest BCUT2D eigenvalue weighted by molar-refractivity contribution is 0.875. The molecule has 0 spiro atoms. The molecule has 0 aliphatic rings. The highest BCUT2D eigenvalue weighted by molar-refractivity contribution is 7.17. The van der Waals surface area contributed by atoms with E-state index in [2.05, 4.69) is 65.7 Å². The first kappa shape index (κ1) is 13.1. The maximum atomic E-state index is 4.41. The minimum atomic E-state index is 0.216. The molecule has 0 radical (unpaired) electrons. The van der Waals surface area contributed by atoms with Crippen molar-refractivity contribution in [2.45, 2.75) is 26.8 Å². The zero-order valence-electron chi connectivity index (χ0n) is 11.8. The molecule has 0 unspecified atom stereocenters. The van der Waals surface area contributed by atoms with Gasteiger partial charge in [-0.3, -0.25) is 0 Å². The van der Waals surface area contributed by atoms with Gasteiger partial charge in [-0.1, -0.05) is 29.8 Å². The van der Waals surface area contributed by atoms with E-state index in [1.165, 1.54) is 16.7 Å². The summed E-state index contributed by atoms with van der Waals surface area (Å²) in [6.45, 7) is 6.36. The Morgan fingerprint density at radius 2 is 1.85 bits per heavy atom. The summed E-state index contributed by atoms with van der Waals surface area (Å²) in [4.78, 5) is 9.77. The fourth-order valence-electron chi connectivity index (χ4n) is 2.27. The average molecular weight is 283 g/mol. The predicted octanol–water partition coefficient (Wildman–Crippen LogP) is 4.48. The average Bonchev–Trinajstić information content (AvgIpc) is 2.82. The summed E-state index contributed by atoms with van der Waals surface area (Å²) in [5.74, 6) is 0.918. The minimum Gasteiger partial charge on any atom is -0.363 e. The van der Waals surface area contributed by atoms with Gasteiger partial charge in [0.2, 0.25) is 0 Å². The van der Waals surface area contributed by atoms with E-state index in [0.717, 1.165) is 16.0 Å². The fraction of sp³-hybridized carbons (Fsp3) is 0.250. The Balaban J connectivity index is 1.93. The van der Waals surface area contributed by atoms with Crippen LogP contribution in [0.2, 0.25) is 0 Å². The van der Waals surface area contributed by atoms with Gasteiger partial charge in [0.05, 0.1) is 5.39 Å². The molecule has 0 aliphatic carbocycles. The van der Waals surface area contributed by atoms with Gasteiger partial charge in [0, 0.05) is 6.04 Å². The lowest BCUT2D eigenvalue weighted by Gasteiger charge is -2.16. The zero-order valence-corrected chi connectivity index (χ0v) is 12.7. The van der Waals surface area contributed by atoms with Gasteiger partial charge in [-0.15, -0.1) is 11.3 Å². The summed E-state index contributed by atoms with van der Waals surface area (Å²) in [6, 6.07) is 8.81. The second-order valence-electron chi connectivity index (χ2n) is 5.10.